The van der Waals surface area contributed by atoms with E-state index in [1.807, 2.05) is 0 Å². The molecule has 0 spiro atoms. The van der Waals surface area contributed by atoms with Crippen LogP contribution in [0.3, 0.4) is 0 Å². The Labute approximate surface area is 231 Å². The second kappa shape index (κ2) is 12.4. The molecule has 0 heterocycles. The molecule has 2 unspecified atom stereocenters. The molecular weight excluding hydrogens is 498 g/mol. The maximum atomic E-state index is 14.3. The van der Waals surface area contributed by atoms with Crippen LogP contribution in [0.2, 0.25) is 0 Å². The predicted octanol–water partition coefficient (Wildman–Crippen LogP) is 5.57. The molecule has 3 N–H and O–H groups in total. The number of phenols is 1. The minimum atomic E-state index is -1.22. The number of ether oxygens (including phenoxy) is 2. The lowest BCUT2D eigenvalue weighted by atomic mass is 9.92. The second-order valence-corrected chi connectivity index (χ2v) is 11.9. The largest absolute Gasteiger partial charge is 0.507 e. The van der Waals surface area contributed by atoms with E-state index < -0.39 is 41.1 Å². The number of methoxy groups -OCH3 is 1. The number of aromatic hydroxyl groups is 1. The molecule has 39 heavy (non-hydrogen) atoms. The van der Waals surface area contributed by atoms with Crippen molar-refractivity contribution in [2.45, 2.75) is 85.5 Å². The van der Waals surface area contributed by atoms with Crippen LogP contribution in [0.15, 0.2) is 42.5 Å². The number of aryl methyl sites for hydroxylation is 1. The van der Waals surface area contributed by atoms with E-state index in [-0.39, 0.29) is 17.2 Å². The molecule has 0 radical (unpaired) electrons. The van der Waals surface area contributed by atoms with Gasteiger partial charge in [0.05, 0.1) is 7.11 Å². The molecule has 0 aliphatic rings. The van der Waals surface area contributed by atoms with Crippen molar-refractivity contribution in [2.75, 3.05) is 12.4 Å². The maximum absolute atomic E-state index is 14.3. The van der Waals surface area contributed by atoms with E-state index >= 15 is 0 Å². The Morgan fingerprint density at radius 3 is 2.03 bits per heavy atom. The molecule has 214 valence electrons. The molecule has 0 aliphatic heterocycles. The van der Waals surface area contributed by atoms with Crippen molar-refractivity contribution >= 4 is 23.6 Å². The van der Waals surface area contributed by atoms with Crippen LogP contribution in [0.4, 0.5) is 10.5 Å². The average molecular weight is 542 g/mol. The van der Waals surface area contributed by atoms with E-state index in [2.05, 4.69) is 10.6 Å². The summed E-state index contributed by atoms with van der Waals surface area (Å²) >= 11 is 0. The van der Waals surface area contributed by atoms with Crippen LogP contribution in [-0.2, 0) is 14.3 Å². The van der Waals surface area contributed by atoms with Crippen LogP contribution < -0.4 is 15.4 Å². The number of carbonyl (C=O) groups excluding carboxylic acids is 3. The molecule has 0 aromatic heterocycles. The third-order valence-electron chi connectivity index (χ3n) is 5.99. The lowest BCUT2D eigenvalue weighted by Gasteiger charge is -2.43. The fraction of sp³-hybridized carbons (Fsp3) is 0.500. The number of benzene rings is 2. The first-order valence-electron chi connectivity index (χ1n) is 13.0. The van der Waals surface area contributed by atoms with E-state index in [0.717, 1.165) is 0 Å². The summed E-state index contributed by atoms with van der Waals surface area (Å²) in [5.74, 6) is -0.800. The van der Waals surface area contributed by atoms with Gasteiger partial charge in [0.1, 0.15) is 29.2 Å². The Balaban J connectivity index is 2.62. The number of phenolic OH excluding ortho intramolecular Hbond substituents is 1. The molecule has 0 saturated heterocycles. The Morgan fingerprint density at radius 1 is 0.949 bits per heavy atom. The Bertz CT molecular complexity index is 1160. The highest BCUT2D eigenvalue weighted by atomic mass is 16.6. The fourth-order valence-corrected chi connectivity index (χ4v) is 4.13. The van der Waals surface area contributed by atoms with Crippen LogP contribution in [-0.4, -0.2) is 52.2 Å². The van der Waals surface area contributed by atoms with E-state index in [4.69, 9.17) is 9.47 Å². The lowest BCUT2D eigenvalue weighted by Crippen LogP contribution is -2.59. The van der Waals surface area contributed by atoms with Crippen LogP contribution >= 0.6 is 0 Å². The third kappa shape index (κ3) is 8.37. The normalized spacial score (nSPS) is 13.3. The summed E-state index contributed by atoms with van der Waals surface area (Å²) in [6.07, 6.45) is -0.735. The van der Waals surface area contributed by atoms with Gasteiger partial charge in [-0.1, -0.05) is 32.0 Å². The smallest absolute Gasteiger partial charge is 0.408 e. The van der Waals surface area contributed by atoms with Crippen molar-refractivity contribution < 1.29 is 29.0 Å². The molecule has 2 aromatic rings. The molecule has 0 aliphatic carbocycles. The number of nitrogens with one attached hydrogen (secondary N) is 2. The molecule has 2 aromatic carbocycles. The van der Waals surface area contributed by atoms with Gasteiger partial charge in [-0.3, -0.25) is 9.59 Å². The minimum Gasteiger partial charge on any atom is -0.507 e. The second-order valence-electron chi connectivity index (χ2n) is 11.9. The molecule has 0 saturated carbocycles. The van der Waals surface area contributed by atoms with E-state index in [1.54, 1.807) is 112 Å². The van der Waals surface area contributed by atoms with Gasteiger partial charge in [-0.25, -0.2) is 4.79 Å². The number of hydrogen-bond acceptors (Lipinski definition) is 6. The predicted molar refractivity (Wildman–Crippen MR) is 152 cm³/mol. The van der Waals surface area contributed by atoms with Crippen LogP contribution in [0.5, 0.6) is 11.5 Å². The molecule has 2 atom stereocenters. The monoisotopic (exact) mass is 541 g/mol. The highest BCUT2D eigenvalue weighted by molar-refractivity contribution is 5.99. The summed E-state index contributed by atoms with van der Waals surface area (Å²) in [5.41, 5.74) is -0.330. The van der Waals surface area contributed by atoms with Crippen molar-refractivity contribution in [2.24, 2.45) is 5.92 Å². The van der Waals surface area contributed by atoms with E-state index in [9.17, 15) is 19.5 Å². The van der Waals surface area contributed by atoms with Crippen LogP contribution in [0.1, 0.15) is 72.6 Å². The van der Waals surface area contributed by atoms with Gasteiger partial charge in [-0.15, -0.1) is 0 Å². The zero-order chi connectivity index (χ0) is 29.7. The van der Waals surface area contributed by atoms with Crippen LogP contribution in [0, 0.1) is 12.8 Å². The molecule has 0 bridgehead atoms. The molecular formula is C30H43N3O6. The van der Waals surface area contributed by atoms with Crippen molar-refractivity contribution in [1.29, 1.82) is 0 Å². The first kappa shape index (κ1) is 31.5. The Hall–Kier alpha value is -3.75. The van der Waals surface area contributed by atoms with E-state index in [0.29, 0.717) is 17.0 Å². The SMILES string of the molecule is COc1ccc(NC(=O)C(c2cccc(C)c2O)N(C(=O)C(NC(=O)OC(C)(C)C)C(C)C)C(C)(C)C)cc1. The summed E-state index contributed by atoms with van der Waals surface area (Å²) in [5, 5.41) is 16.6. The number of carbonyl (C=O) groups is 3. The van der Waals surface area contributed by atoms with Gasteiger partial charge in [0, 0.05) is 16.8 Å². The number of hydrogen-bond donors (Lipinski definition) is 3. The number of anilines is 1. The number of para-hydroxylation sites is 1. The first-order valence-corrected chi connectivity index (χ1v) is 13.0. The standard InChI is InChI=1S/C30H43N3O6/c1-18(2)23(32-28(37)39-30(7,8)9)27(36)33(29(4,5)6)24(22-13-11-12-19(3)25(22)34)26(35)31-20-14-16-21(38-10)17-15-20/h11-18,23-24,34H,1-10H3,(H,31,35)(H,32,37). The number of nitrogens with zero attached hydrogens (tertiary/aromatic N) is 1. The zero-order valence-electron chi connectivity index (χ0n) is 24.7. The van der Waals surface area contributed by atoms with Gasteiger partial charge in [0.15, 0.2) is 0 Å². The quantitative estimate of drug-likeness (QED) is 0.403. The fourth-order valence-electron chi connectivity index (χ4n) is 4.13. The van der Waals surface area contributed by atoms with Gasteiger partial charge in [-0.2, -0.15) is 0 Å². The highest BCUT2D eigenvalue weighted by Gasteiger charge is 2.43. The maximum Gasteiger partial charge on any atom is 0.408 e. The van der Waals surface area contributed by atoms with Crippen molar-refractivity contribution in [1.82, 2.24) is 10.2 Å². The van der Waals surface area contributed by atoms with Gasteiger partial charge in [0.25, 0.3) is 5.91 Å². The van der Waals surface area contributed by atoms with Gasteiger partial charge in [0.2, 0.25) is 5.91 Å². The molecule has 9 nitrogen and oxygen atoms in total. The summed E-state index contributed by atoms with van der Waals surface area (Å²) in [7, 11) is 1.55. The third-order valence-corrected chi connectivity index (χ3v) is 5.99. The molecule has 9 heteroatoms. The summed E-state index contributed by atoms with van der Waals surface area (Å²) < 4.78 is 10.6. The molecule has 3 amide bonds. The topological polar surface area (TPSA) is 117 Å². The average Bonchev–Trinajstić information content (AvgIpc) is 2.81. The zero-order valence-corrected chi connectivity index (χ0v) is 24.7. The van der Waals surface area contributed by atoms with Gasteiger partial charge >= 0.3 is 6.09 Å². The van der Waals surface area contributed by atoms with Crippen molar-refractivity contribution in [3.05, 3.63) is 53.6 Å². The molecule has 2 rings (SSSR count). The number of amides is 3. The van der Waals surface area contributed by atoms with Gasteiger partial charge in [-0.05, 0) is 84.2 Å². The summed E-state index contributed by atoms with van der Waals surface area (Å²) in [6, 6.07) is 9.65. The summed E-state index contributed by atoms with van der Waals surface area (Å²) in [6.45, 7) is 15.9. The Morgan fingerprint density at radius 2 is 1.54 bits per heavy atom. The van der Waals surface area contributed by atoms with Gasteiger partial charge < -0.3 is 30.1 Å². The van der Waals surface area contributed by atoms with Crippen molar-refractivity contribution in [3.63, 3.8) is 0 Å². The lowest BCUT2D eigenvalue weighted by molar-refractivity contribution is -0.147. The van der Waals surface area contributed by atoms with Crippen molar-refractivity contribution in [3.8, 4) is 11.5 Å². The minimum absolute atomic E-state index is 0.0874. The van der Waals surface area contributed by atoms with Crippen LogP contribution in [0.25, 0.3) is 0 Å². The first-order chi connectivity index (χ1) is 18.0. The highest BCUT2D eigenvalue weighted by Crippen LogP contribution is 2.37. The van der Waals surface area contributed by atoms with E-state index in [1.165, 1.54) is 4.90 Å². The Kier molecular flexibility index (Phi) is 10.0. The number of rotatable bonds is 8. The number of alkyl carbamates (subject to hydrolysis) is 1. The molecule has 0 fully saturated rings. The summed E-state index contributed by atoms with van der Waals surface area (Å²) in [4.78, 5) is 42.3.